The van der Waals surface area contributed by atoms with Crippen LogP contribution in [0.25, 0.3) is 0 Å². The number of carbonyl (C=O) groups is 2. The molecule has 0 radical (unpaired) electrons. The number of ether oxygens (including phenoxy) is 1. The number of pyridine rings is 1. The second kappa shape index (κ2) is 11.8. The maximum Gasteiger partial charge on any atom is 0.335 e. The van der Waals surface area contributed by atoms with Crippen LogP contribution in [0.15, 0.2) is 97.3 Å². The Morgan fingerprint density at radius 1 is 0.917 bits per heavy atom. The standard InChI is InChI=1S/C30H28N2O4/c1-21(23-14-12-22(13-15-23)16-18-36-26-9-6-17-31-20-26)29(33)32-28-11-5-3-8-25(28)19-24-7-2-4-10-27(24)30(34)35/h2-15,17,20-21H,16,18-19H2,1H3,(H,32,33)(H,34,35). The Labute approximate surface area is 210 Å². The topological polar surface area (TPSA) is 88.5 Å². The van der Waals surface area contributed by atoms with Gasteiger partial charge in [-0.05, 0) is 53.4 Å². The summed E-state index contributed by atoms with van der Waals surface area (Å²) in [5, 5.41) is 12.5. The smallest absolute Gasteiger partial charge is 0.335 e. The SMILES string of the molecule is CC(C(=O)Nc1ccccc1Cc1ccccc1C(=O)O)c1ccc(CCOc2cccnc2)cc1. The third-order valence-corrected chi connectivity index (χ3v) is 6.07. The normalized spacial score (nSPS) is 11.5. The number of rotatable bonds is 10. The highest BCUT2D eigenvalue weighted by atomic mass is 16.5. The van der Waals surface area contributed by atoms with Gasteiger partial charge in [0.15, 0.2) is 0 Å². The highest BCUT2D eigenvalue weighted by molar-refractivity contribution is 5.96. The molecule has 0 bridgehead atoms. The Bertz CT molecular complexity index is 1320. The zero-order chi connectivity index (χ0) is 25.3. The van der Waals surface area contributed by atoms with Crippen LogP contribution in [-0.4, -0.2) is 28.6 Å². The summed E-state index contributed by atoms with van der Waals surface area (Å²) < 4.78 is 5.71. The third-order valence-electron chi connectivity index (χ3n) is 6.07. The van der Waals surface area contributed by atoms with Gasteiger partial charge in [0, 0.05) is 24.7 Å². The number of nitrogens with zero attached hydrogens (tertiary/aromatic N) is 1. The predicted molar refractivity (Wildman–Crippen MR) is 140 cm³/mol. The molecule has 0 aliphatic carbocycles. The molecule has 2 N–H and O–H groups in total. The second-order valence-corrected chi connectivity index (χ2v) is 8.54. The number of amides is 1. The number of aromatic carboxylic acids is 1. The van der Waals surface area contributed by atoms with Crippen LogP contribution < -0.4 is 10.1 Å². The van der Waals surface area contributed by atoms with Gasteiger partial charge in [-0.15, -0.1) is 0 Å². The summed E-state index contributed by atoms with van der Waals surface area (Å²) in [6.45, 7) is 2.42. The van der Waals surface area contributed by atoms with Gasteiger partial charge in [-0.3, -0.25) is 9.78 Å². The summed E-state index contributed by atoms with van der Waals surface area (Å²) in [5.74, 6) is -0.703. The Balaban J connectivity index is 1.38. The van der Waals surface area contributed by atoms with Crippen molar-refractivity contribution in [2.24, 2.45) is 0 Å². The minimum Gasteiger partial charge on any atom is -0.492 e. The number of carbonyl (C=O) groups excluding carboxylic acids is 1. The first-order valence-electron chi connectivity index (χ1n) is 11.8. The van der Waals surface area contributed by atoms with Crippen LogP contribution in [0.2, 0.25) is 0 Å². The summed E-state index contributed by atoms with van der Waals surface area (Å²) in [6, 6.07) is 26.1. The molecule has 6 heteroatoms. The van der Waals surface area contributed by atoms with Crippen molar-refractivity contribution in [1.82, 2.24) is 4.98 Å². The van der Waals surface area contributed by atoms with E-state index in [4.69, 9.17) is 4.74 Å². The highest BCUT2D eigenvalue weighted by Crippen LogP contribution is 2.24. The molecule has 0 spiro atoms. The fraction of sp³-hybridized carbons (Fsp3) is 0.167. The molecular formula is C30H28N2O4. The van der Waals surface area contributed by atoms with Crippen LogP contribution in [0.5, 0.6) is 5.75 Å². The van der Waals surface area contributed by atoms with Crippen molar-refractivity contribution in [3.8, 4) is 5.75 Å². The van der Waals surface area contributed by atoms with E-state index in [1.54, 1.807) is 30.6 Å². The van der Waals surface area contributed by atoms with E-state index in [0.29, 0.717) is 24.3 Å². The van der Waals surface area contributed by atoms with E-state index in [1.165, 1.54) is 0 Å². The Morgan fingerprint density at radius 2 is 1.64 bits per heavy atom. The molecule has 1 heterocycles. The molecule has 0 saturated heterocycles. The molecule has 36 heavy (non-hydrogen) atoms. The van der Waals surface area contributed by atoms with Crippen molar-refractivity contribution in [2.75, 3.05) is 11.9 Å². The van der Waals surface area contributed by atoms with Gasteiger partial charge in [-0.1, -0.05) is 60.7 Å². The summed E-state index contributed by atoms with van der Waals surface area (Å²) >= 11 is 0. The summed E-state index contributed by atoms with van der Waals surface area (Å²) in [5.41, 5.74) is 4.53. The Morgan fingerprint density at radius 3 is 2.36 bits per heavy atom. The lowest BCUT2D eigenvalue weighted by Gasteiger charge is -2.16. The van der Waals surface area contributed by atoms with Gasteiger partial charge in [-0.25, -0.2) is 4.79 Å². The molecule has 1 aromatic heterocycles. The molecule has 0 aliphatic rings. The fourth-order valence-electron chi connectivity index (χ4n) is 3.97. The molecule has 1 amide bonds. The zero-order valence-corrected chi connectivity index (χ0v) is 20.1. The van der Waals surface area contributed by atoms with Crippen molar-refractivity contribution in [3.63, 3.8) is 0 Å². The number of carboxylic acids is 1. The van der Waals surface area contributed by atoms with Gasteiger partial charge in [0.05, 0.1) is 24.3 Å². The summed E-state index contributed by atoms with van der Waals surface area (Å²) in [6.07, 6.45) is 4.55. The van der Waals surface area contributed by atoms with Crippen LogP contribution >= 0.6 is 0 Å². The molecule has 1 unspecified atom stereocenters. The first-order valence-corrected chi connectivity index (χ1v) is 11.8. The van der Waals surface area contributed by atoms with Crippen molar-refractivity contribution in [2.45, 2.75) is 25.7 Å². The fourth-order valence-corrected chi connectivity index (χ4v) is 3.97. The van der Waals surface area contributed by atoms with E-state index in [0.717, 1.165) is 28.9 Å². The maximum absolute atomic E-state index is 13.1. The third kappa shape index (κ3) is 6.36. The highest BCUT2D eigenvalue weighted by Gasteiger charge is 2.18. The summed E-state index contributed by atoms with van der Waals surface area (Å²) in [4.78, 5) is 28.7. The van der Waals surface area contributed by atoms with Gasteiger partial charge >= 0.3 is 5.97 Å². The quantitative estimate of drug-likeness (QED) is 0.302. The van der Waals surface area contributed by atoms with E-state index < -0.39 is 5.97 Å². The van der Waals surface area contributed by atoms with Gasteiger partial charge < -0.3 is 15.2 Å². The molecule has 3 aromatic carbocycles. The Hall–Kier alpha value is -4.45. The van der Waals surface area contributed by atoms with Crippen molar-refractivity contribution in [3.05, 3.63) is 125 Å². The average molecular weight is 481 g/mol. The number of anilines is 1. The first kappa shape index (κ1) is 24.7. The van der Waals surface area contributed by atoms with Crippen molar-refractivity contribution < 1.29 is 19.4 Å². The average Bonchev–Trinajstić information content (AvgIpc) is 2.90. The maximum atomic E-state index is 13.1. The molecule has 0 saturated carbocycles. The molecule has 0 aliphatic heterocycles. The molecular weight excluding hydrogens is 452 g/mol. The van der Waals surface area contributed by atoms with E-state index >= 15 is 0 Å². The minimum absolute atomic E-state index is 0.123. The monoisotopic (exact) mass is 480 g/mol. The van der Waals surface area contributed by atoms with Crippen molar-refractivity contribution >= 4 is 17.6 Å². The van der Waals surface area contributed by atoms with E-state index in [1.807, 2.05) is 73.7 Å². The number of para-hydroxylation sites is 1. The molecule has 182 valence electrons. The zero-order valence-electron chi connectivity index (χ0n) is 20.1. The number of hydrogen-bond donors (Lipinski definition) is 2. The van der Waals surface area contributed by atoms with E-state index in [2.05, 4.69) is 10.3 Å². The summed E-state index contributed by atoms with van der Waals surface area (Å²) in [7, 11) is 0. The van der Waals surface area contributed by atoms with E-state index in [9.17, 15) is 14.7 Å². The van der Waals surface area contributed by atoms with Gasteiger partial charge in [-0.2, -0.15) is 0 Å². The first-order chi connectivity index (χ1) is 17.5. The molecule has 6 nitrogen and oxygen atoms in total. The lowest BCUT2D eigenvalue weighted by atomic mass is 9.96. The van der Waals surface area contributed by atoms with Crippen LogP contribution in [-0.2, 0) is 17.6 Å². The Kier molecular flexibility index (Phi) is 8.08. The number of hydrogen-bond acceptors (Lipinski definition) is 4. The number of benzene rings is 3. The molecule has 1 atom stereocenters. The second-order valence-electron chi connectivity index (χ2n) is 8.54. The van der Waals surface area contributed by atoms with Crippen molar-refractivity contribution in [1.29, 1.82) is 0 Å². The van der Waals surface area contributed by atoms with E-state index in [-0.39, 0.29) is 17.4 Å². The number of nitrogens with one attached hydrogen (secondary N) is 1. The van der Waals surface area contributed by atoms with Gasteiger partial charge in [0.1, 0.15) is 5.75 Å². The largest absolute Gasteiger partial charge is 0.492 e. The van der Waals surface area contributed by atoms with Crippen LogP contribution in [0.3, 0.4) is 0 Å². The predicted octanol–water partition coefficient (Wildman–Crippen LogP) is 5.73. The lowest BCUT2D eigenvalue weighted by molar-refractivity contribution is -0.117. The van der Waals surface area contributed by atoms with Crippen LogP contribution in [0, 0.1) is 0 Å². The van der Waals surface area contributed by atoms with Gasteiger partial charge in [0.2, 0.25) is 5.91 Å². The van der Waals surface area contributed by atoms with Gasteiger partial charge in [0.25, 0.3) is 0 Å². The molecule has 4 aromatic rings. The number of aromatic nitrogens is 1. The lowest BCUT2D eigenvalue weighted by Crippen LogP contribution is -2.20. The molecule has 0 fully saturated rings. The number of carboxylic acid groups (broad SMARTS) is 1. The minimum atomic E-state index is -0.965. The molecule has 4 rings (SSSR count). The van der Waals surface area contributed by atoms with Crippen LogP contribution in [0.1, 0.15) is 45.5 Å². The van der Waals surface area contributed by atoms with Crippen LogP contribution in [0.4, 0.5) is 5.69 Å².